The van der Waals surface area contributed by atoms with Crippen molar-refractivity contribution in [2.75, 3.05) is 4.90 Å². The van der Waals surface area contributed by atoms with Gasteiger partial charge in [-0.25, -0.2) is 0 Å². The summed E-state index contributed by atoms with van der Waals surface area (Å²) in [7, 11) is 0. The normalized spacial score (nSPS) is 12.5. The number of allylic oxidation sites excluding steroid dienone is 1. The van der Waals surface area contributed by atoms with E-state index < -0.39 is 0 Å². The number of para-hydroxylation sites is 3. The molecule has 0 saturated heterocycles. The van der Waals surface area contributed by atoms with E-state index >= 15 is 0 Å². The highest BCUT2D eigenvalue weighted by atomic mass is 32.1. The van der Waals surface area contributed by atoms with Crippen molar-refractivity contribution >= 4 is 66.5 Å². The third-order valence-electron chi connectivity index (χ3n) is 10.2. The minimum absolute atomic E-state index is 0.912. The first-order chi connectivity index (χ1) is 25.3. The van der Waals surface area contributed by atoms with E-state index in [-0.39, 0.29) is 0 Å². The first-order valence-corrected chi connectivity index (χ1v) is 18.4. The van der Waals surface area contributed by atoms with Gasteiger partial charge in [0.05, 0.1) is 0 Å². The van der Waals surface area contributed by atoms with Gasteiger partial charge in [0.25, 0.3) is 0 Å². The summed E-state index contributed by atoms with van der Waals surface area (Å²) in [6, 6.07) is 58.9. The molecule has 0 atom stereocenters. The van der Waals surface area contributed by atoms with E-state index in [4.69, 9.17) is 4.42 Å². The molecule has 2 aromatic heterocycles. The number of rotatable bonds is 6. The highest BCUT2D eigenvalue weighted by Crippen LogP contribution is 2.42. The van der Waals surface area contributed by atoms with E-state index in [2.05, 4.69) is 169 Å². The molecule has 1 aliphatic rings. The van der Waals surface area contributed by atoms with E-state index in [0.717, 1.165) is 68.5 Å². The Kier molecular flexibility index (Phi) is 7.18. The molecule has 2 heterocycles. The Balaban J connectivity index is 1.01. The third-order valence-corrected chi connectivity index (χ3v) is 11.4. The van der Waals surface area contributed by atoms with Crippen molar-refractivity contribution in [3.8, 4) is 33.4 Å². The lowest BCUT2D eigenvalue weighted by Crippen LogP contribution is -2.09. The van der Waals surface area contributed by atoms with Crippen molar-refractivity contribution in [1.82, 2.24) is 0 Å². The fourth-order valence-corrected chi connectivity index (χ4v) is 8.87. The van der Waals surface area contributed by atoms with Crippen molar-refractivity contribution in [3.05, 3.63) is 180 Å². The second-order valence-corrected chi connectivity index (χ2v) is 14.3. The Bertz CT molecular complexity index is 2730. The molecule has 0 spiro atoms. The summed E-state index contributed by atoms with van der Waals surface area (Å²) in [4.78, 5) is 3.84. The molecule has 3 heteroatoms. The van der Waals surface area contributed by atoms with Gasteiger partial charge in [0.15, 0.2) is 0 Å². The van der Waals surface area contributed by atoms with Crippen LogP contribution in [0.4, 0.5) is 17.1 Å². The molecule has 51 heavy (non-hydrogen) atoms. The van der Waals surface area contributed by atoms with Crippen molar-refractivity contribution in [2.24, 2.45) is 0 Å². The van der Waals surface area contributed by atoms with Gasteiger partial charge in [-0.05, 0) is 101 Å². The summed E-state index contributed by atoms with van der Waals surface area (Å²) < 4.78 is 7.82. The number of anilines is 3. The summed E-state index contributed by atoms with van der Waals surface area (Å²) in [6.07, 6.45) is 6.91. The van der Waals surface area contributed by atoms with Gasteiger partial charge in [0.1, 0.15) is 11.2 Å². The summed E-state index contributed by atoms with van der Waals surface area (Å²) in [5.74, 6) is 0. The van der Waals surface area contributed by atoms with Gasteiger partial charge < -0.3 is 9.32 Å². The lowest BCUT2D eigenvalue weighted by Gasteiger charge is -2.26. The number of hydrogen-bond acceptors (Lipinski definition) is 3. The van der Waals surface area contributed by atoms with Crippen LogP contribution in [0.5, 0.6) is 0 Å². The zero-order valence-corrected chi connectivity index (χ0v) is 28.7. The Labute approximate surface area is 301 Å². The van der Waals surface area contributed by atoms with Crippen molar-refractivity contribution in [3.63, 3.8) is 0 Å². The highest BCUT2D eigenvalue weighted by Gasteiger charge is 2.18. The van der Waals surface area contributed by atoms with Crippen LogP contribution in [0.15, 0.2) is 174 Å². The zero-order valence-electron chi connectivity index (χ0n) is 27.9. The molecule has 0 bridgehead atoms. The van der Waals surface area contributed by atoms with Gasteiger partial charge in [0, 0.05) is 48.4 Å². The number of nitrogens with zero attached hydrogens (tertiary/aromatic N) is 1. The molecule has 0 N–H and O–H groups in total. The lowest BCUT2D eigenvalue weighted by atomic mass is 9.93. The van der Waals surface area contributed by atoms with Crippen LogP contribution < -0.4 is 4.90 Å². The monoisotopic (exact) mass is 671 g/mol. The molecule has 0 amide bonds. The number of thiophene rings is 1. The third kappa shape index (κ3) is 5.17. The first kappa shape index (κ1) is 29.7. The maximum Gasteiger partial charge on any atom is 0.143 e. The molecule has 2 nitrogen and oxygen atoms in total. The summed E-state index contributed by atoms with van der Waals surface area (Å²) in [5.41, 5.74) is 13.6. The Morgan fingerprint density at radius 3 is 1.96 bits per heavy atom. The van der Waals surface area contributed by atoms with Crippen LogP contribution in [0.3, 0.4) is 0 Å². The average Bonchev–Trinajstić information content (AvgIpc) is 3.77. The standard InChI is InChI=1S/C48H33NOS/c1-2-11-35(12-3-1)49(36-26-21-32(22-27-36)34-25-30-47-44(31-34)41-16-7-9-20-46(41)51-47)37-28-23-33(24-29-37)38-13-4-5-14-39(38)42-17-10-18-43-40-15-6-8-19-45(40)50-48(42)43/h1-8,10-19,21-31H,9,20H2. The molecule has 0 radical (unpaired) electrons. The van der Waals surface area contributed by atoms with E-state index in [1.54, 1.807) is 0 Å². The number of furan rings is 1. The Morgan fingerprint density at radius 1 is 0.490 bits per heavy atom. The second-order valence-electron chi connectivity index (χ2n) is 13.2. The fourth-order valence-electron chi connectivity index (χ4n) is 7.68. The van der Waals surface area contributed by atoms with E-state index in [9.17, 15) is 0 Å². The van der Waals surface area contributed by atoms with E-state index in [1.807, 2.05) is 23.5 Å². The Hall–Kier alpha value is -6.16. The van der Waals surface area contributed by atoms with Crippen molar-refractivity contribution < 1.29 is 4.42 Å². The molecular formula is C48H33NOS. The first-order valence-electron chi connectivity index (χ1n) is 17.6. The smallest absolute Gasteiger partial charge is 0.143 e. The minimum atomic E-state index is 0.912. The van der Waals surface area contributed by atoms with Crippen LogP contribution in [0.2, 0.25) is 0 Å². The van der Waals surface area contributed by atoms with Crippen LogP contribution in [0, 0.1) is 0 Å². The number of fused-ring (bicyclic) bond motifs is 6. The van der Waals surface area contributed by atoms with Gasteiger partial charge in [-0.1, -0.05) is 121 Å². The zero-order chi connectivity index (χ0) is 33.7. The predicted octanol–water partition coefficient (Wildman–Crippen LogP) is 14.2. The quantitative estimate of drug-likeness (QED) is 0.175. The lowest BCUT2D eigenvalue weighted by molar-refractivity contribution is 0.670. The van der Waals surface area contributed by atoms with E-state index in [1.165, 1.54) is 37.2 Å². The predicted molar refractivity (Wildman–Crippen MR) is 217 cm³/mol. The van der Waals surface area contributed by atoms with Crippen LogP contribution >= 0.6 is 11.3 Å². The number of benzene rings is 7. The van der Waals surface area contributed by atoms with Gasteiger partial charge in [-0.3, -0.25) is 0 Å². The van der Waals surface area contributed by atoms with E-state index in [0.29, 0.717) is 0 Å². The van der Waals surface area contributed by atoms with Crippen LogP contribution in [-0.4, -0.2) is 0 Å². The van der Waals surface area contributed by atoms with Crippen molar-refractivity contribution in [1.29, 1.82) is 0 Å². The van der Waals surface area contributed by atoms with Gasteiger partial charge in [-0.15, -0.1) is 11.3 Å². The van der Waals surface area contributed by atoms with Gasteiger partial charge >= 0.3 is 0 Å². The molecule has 7 aromatic carbocycles. The molecule has 0 aliphatic heterocycles. The summed E-state index contributed by atoms with van der Waals surface area (Å²) in [5, 5.41) is 3.65. The van der Waals surface area contributed by atoms with Gasteiger partial charge in [0.2, 0.25) is 0 Å². The fraction of sp³-hybridized carbons (Fsp3) is 0.0417. The van der Waals surface area contributed by atoms with Crippen LogP contribution in [-0.2, 0) is 6.42 Å². The van der Waals surface area contributed by atoms with Crippen molar-refractivity contribution in [2.45, 2.75) is 12.8 Å². The topological polar surface area (TPSA) is 16.4 Å². The van der Waals surface area contributed by atoms with Crippen LogP contribution in [0.1, 0.15) is 16.9 Å². The molecule has 0 saturated carbocycles. The molecule has 242 valence electrons. The van der Waals surface area contributed by atoms with Crippen LogP contribution in [0.25, 0.3) is 71.5 Å². The molecule has 9 aromatic rings. The molecular weight excluding hydrogens is 639 g/mol. The summed E-state index contributed by atoms with van der Waals surface area (Å²) >= 11 is 1.94. The average molecular weight is 672 g/mol. The van der Waals surface area contributed by atoms with Gasteiger partial charge in [-0.2, -0.15) is 0 Å². The highest BCUT2D eigenvalue weighted by molar-refractivity contribution is 7.19. The summed E-state index contributed by atoms with van der Waals surface area (Å²) in [6.45, 7) is 0. The number of aryl methyl sites for hydroxylation is 1. The SMILES string of the molecule is C1=Cc2c(sc3ccc(-c4ccc(N(c5ccccc5)c5ccc(-c6ccccc6-c6cccc7c6oc6ccccc67)cc5)cc4)cc23)CC1. The maximum atomic E-state index is 6.44. The largest absolute Gasteiger partial charge is 0.455 e. The molecule has 1 aliphatic carbocycles. The second kappa shape index (κ2) is 12.3. The number of hydrogen-bond donors (Lipinski definition) is 0. The minimum Gasteiger partial charge on any atom is -0.455 e. The maximum absolute atomic E-state index is 6.44. The molecule has 0 unspecified atom stereocenters. The molecule has 0 fully saturated rings. The Morgan fingerprint density at radius 2 is 1.14 bits per heavy atom. The molecule has 10 rings (SSSR count).